The largest absolute Gasteiger partial charge is 0.497 e. The second-order valence-corrected chi connectivity index (χ2v) is 8.17. The summed E-state index contributed by atoms with van der Waals surface area (Å²) in [5.41, 5.74) is 2.90. The van der Waals surface area contributed by atoms with Crippen molar-refractivity contribution in [2.45, 2.75) is 19.9 Å². The number of rotatable bonds is 5. The summed E-state index contributed by atoms with van der Waals surface area (Å²) in [7, 11) is 3.14. The van der Waals surface area contributed by atoms with E-state index in [1.54, 1.807) is 24.1 Å². The van der Waals surface area contributed by atoms with Gasteiger partial charge in [0.15, 0.2) is 5.13 Å². The zero-order chi connectivity index (χ0) is 21.3. The van der Waals surface area contributed by atoms with Crippen LogP contribution >= 0.6 is 11.3 Å². The molecule has 0 spiro atoms. The number of methoxy groups -OCH3 is 2. The Kier molecular flexibility index (Phi) is 5.59. The molecule has 0 fully saturated rings. The Labute approximate surface area is 178 Å². The highest BCUT2D eigenvalue weighted by atomic mass is 32.1. The Morgan fingerprint density at radius 3 is 2.80 bits per heavy atom. The molecule has 1 N–H and O–H groups in total. The van der Waals surface area contributed by atoms with Gasteiger partial charge in [0.1, 0.15) is 23.0 Å². The summed E-state index contributed by atoms with van der Waals surface area (Å²) in [6.07, 6.45) is 0.733. The number of fused-ring (bicyclic) bond motifs is 1. The average molecular weight is 428 g/mol. The molecule has 3 aromatic rings. The number of ether oxygens (including phenoxy) is 2. The highest BCUT2D eigenvalue weighted by molar-refractivity contribution is 7.15. The molecule has 0 aliphatic carbocycles. The van der Waals surface area contributed by atoms with Crippen LogP contribution in [-0.2, 0) is 13.0 Å². The van der Waals surface area contributed by atoms with Crippen LogP contribution < -0.4 is 14.8 Å². The maximum Gasteiger partial charge on any atom is 0.274 e. The monoisotopic (exact) mass is 427 g/mol. The summed E-state index contributed by atoms with van der Waals surface area (Å²) >= 11 is 1.32. The van der Waals surface area contributed by atoms with Crippen LogP contribution in [0.15, 0.2) is 36.4 Å². The summed E-state index contributed by atoms with van der Waals surface area (Å²) in [5, 5.41) is 3.43. The normalized spacial score (nSPS) is 13.0. The molecule has 1 amide bonds. The predicted molar refractivity (Wildman–Crippen MR) is 115 cm³/mol. The minimum absolute atomic E-state index is 0.125. The van der Waals surface area contributed by atoms with E-state index < -0.39 is 5.82 Å². The fourth-order valence-corrected chi connectivity index (χ4v) is 4.39. The fraction of sp³-hybridized carbons (Fsp3) is 0.273. The van der Waals surface area contributed by atoms with E-state index in [1.807, 2.05) is 25.1 Å². The number of halogens is 1. The first kappa shape index (κ1) is 20.2. The van der Waals surface area contributed by atoms with Gasteiger partial charge in [-0.3, -0.25) is 4.79 Å². The number of carbonyl (C=O) groups excluding carboxylic acids is 1. The van der Waals surface area contributed by atoms with Gasteiger partial charge in [-0.2, -0.15) is 0 Å². The van der Waals surface area contributed by atoms with Crippen molar-refractivity contribution >= 4 is 28.1 Å². The number of nitrogens with one attached hydrogen (secondary N) is 1. The molecule has 2 heterocycles. The lowest BCUT2D eigenvalue weighted by atomic mass is 9.98. The number of amides is 1. The number of thiazole rings is 1. The molecule has 6 nitrogen and oxygen atoms in total. The lowest BCUT2D eigenvalue weighted by Crippen LogP contribution is -2.36. The van der Waals surface area contributed by atoms with Crippen molar-refractivity contribution in [3.8, 4) is 11.5 Å². The molecular weight excluding hydrogens is 405 g/mol. The van der Waals surface area contributed by atoms with Crippen molar-refractivity contribution in [2.24, 2.45) is 0 Å². The van der Waals surface area contributed by atoms with E-state index in [2.05, 4.69) is 10.3 Å². The standard InChI is InChI=1S/C22H22FN3O3S/c1-13-20(25-22(30-13)24-18-8-7-15(28-2)11-17(18)23)21(27)26-10-9-16-14(12-26)5-4-6-19(16)29-3/h4-8,11H,9-10,12H2,1-3H3,(H,24,25). The van der Waals surface area contributed by atoms with Crippen LogP contribution in [-0.4, -0.2) is 36.6 Å². The van der Waals surface area contributed by atoms with Gasteiger partial charge in [-0.25, -0.2) is 9.37 Å². The van der Waals surface area contributed by atoms with Crippen molar-refractivity contribution < 1.29 is 18.7 Å². The number of aryl methyl sites for hydroxylation is 1. The van der Waals surface area contributed by atoms with E-state index in [0.717, 1.165) is 28.2 Å². The summed E-state index contributed by atoms with van der Waals surface area (Å²) < 4.78 is 24.7. The Morgan fingerprint density at radius 2 is 2.07 bits per heavy atom. The quantitative estimate of drug-likeness (QED) is 0.647. The molecule has 1 aromatic heterocycles. The first-order valence-corrected chi connectivity index (χ1v) is 10.3. The van der Waals surface area contributed by atoms with Gasteiger partial charge in [0, 0.05) is 29.6 Å². The third-order valence-corrected chi connectivity index (χ3v) is 6.03. The molecule has 156 valence electrons. The van der Waals surface area contributed by atoms with Gasteiger partial charge >= 0.3 is 0 Å². The van der Waals surface area contributed by atoms with Gasteiger partial charge < -0.3 is 19.7 Å². The number of hydrogen-bond acceptors (Lipinski definition) is 6. The predicted octanol–water partition coefficient (Wildman–Crippen LogP) is 4.55. The second kappa shape index (κ2) is 8.31. The number of benzene rings is 2. The SMILES string of the molecule is COc1ccc(Nc2nc(C(=O)N3CCc4c(cccc4OC)C3)c(C)s2)c(F)c1. The number of aromatic nitrogens is 1. The Balaban J connectivity index is 1.52. The van der Waals surface area contributed by atoms with Gasteiger partial charge in [-0.15, -0.1) is 11.3 Å². The number of hydrogen-bond donors (Lipinski definition) is 1. The zero-order valence-corrected chi connectivity index (χ0v) is 17.8. The average Bonchev–Trinajstić information content (AvgIpc) is 3.13. The number of nitrogens with zero attached hydrogens (tertiary/aromatic N) is 2. The molecule has 0 bridgehead atoms. The van der Waals surface area contributed by atoms with Crippen molar-refractivity contribution in [1.29, 1.82) is 0 Å². The fourth-order valence-electron chi connectivity index (χ4n) is 3.58. The highest BCUT2D eigenvalue weighted by Crippen LogP contribution is 2.31. The van der Waals surface area contributed by atoms with Crippen molar-refractivity contribution in [1.82, 2.24) is 9.88 Å². The molecule has 4 rings (SSSR count). The summed E-state index contributed by atoms with van der Waals surface area (Å²) in [4.78, 5) is 20.1. The third-order valence-electron chi connectivity index (χ3n) is 5.15. The molecule has 1 aliphatic heterocycles. The van der Waals surface area contributed by atoms with E-state index >= 15 is 0 Å². The first-order chi connectivity index (χ1) is 14.5. The van der Waals surface area contributed by atoms with Gasteiger partial charge in [-0.05, 0) is 37.1 Å². The minimum Gasteiger partial charge on any atom is -0.497 e. The van der Waals surface area contributed by atoms with Crippen LogP contribution in [0, 0.1) is 12.7 Å². The van der Waals surface area contributed by atoms with Crippen molar-refractivity contribution in [2.75, 3.05) is 26.1 Å². The van der Waals surface area contributed by atoms with Crippen LogP contribution in [0.1, 0.15) is 26.5 Å². The van der Waals surface area contributed by atoms with Gasteiger partial charge in [0.2, 0.25) is 0 Å². The van der Waals surface area contributed by atoms with E-state index in [9.17, 15) is 9.18 Å². The lowest BCUT2D eigenvalue weighted by molar-refractivity contribution is 0.0728. The van der Waals surface area contributed by atoms with Crippen molar-refractivity contribution in [3.63, 3.8) is 0 Å². The van der Waals surface area contributed by atoms with Gasteiger partial charge in [-0.1, -0.05) is 12.1 Å². The van der Waals surface area contributed by atoms with E-state index in [4.69, 9.17) is 9.47 Å². The van der Waals surface area contributed by atoms with Crippen LogP contribution in [0.5, 0.6) is 11.5 Å². The van der Waals surface area contributed by atoms with Crippen LogP contribution in [0.4, 0.5) is 15.2 Å². The Hall–Kier alpha value is -3.13. The van der Waals surface area contributed by atoms with Crippen LogP contribution in [0.3, 0.4) is 0 Å². The lowest BCUT2D eigenvalue weighted by Gasteiger charge is -2.29. The van der Waals surface area contributed by atoms with Gasteiger partial charge in [0.05, 0.1) is 19.9 Å². The summed E-state index contributed by atoms with van der Waals surface area (Å²) in [6, 6.07) is 10.4. The molecular formula is C22H22FN3O3S. The molecule has 8 heteroatoms. The molecule has 0 radical (unpaired) electrons. The maximum atomic E-state index is 14.2. The topological polar surface area (TPSA) is 63.7 Å². The minimum atomic E-state index is -0.448. The van der Waals surface area contributed by atoms with E-state index in [0.29, 0.717) is 29.7 Å². The summed E-state index contributed by atoms with van der Waals surface area (Å²) in [5.74, 6) is 0.723. The molecule has 0 atom stereocenters. The third kappa shape index (κ3) is 3.82. The van der Waals surface area contributed by atoms with Crippen molar-refractivity contribution in [3.05, 3.63) is 63.9 Å². The molecule has 0 saturated carbocycles. The smallest absolute Gasteiger partial charge is 0.274 e. The van der Waals surface area contributed by atoms with Gasteiger partial charge in [0.25, 0.3) is 5.91 Å². The molecule has 2 aromatic carbocycles. The first-order valence-electron chi connectivity index (χ1n) is 9.52. The Morgan fingerprint density at radius 1 is 1.23 bits per heavy atom. The zero-order valence-electron chi connectivity index (χ0n) is 17.0. The van der Waals surface area contributed by atoms with E-state index in [-0.39, 0.29) is 11.6 Å². The molecule has 30 heavy (non-hydrogen) atoms. The number of anilines is 2. The highest BCUT2D eigenvalue weighted by Gasteiger charge is 2.27. The Bertz CT molecular complexity index is 1100. The second-order valence-electron chi connectivity index (χ2n) is 6.97. The summed E-state index contributed by atoms with van der Waals surface area (Å²) in [6.45, 7) is 2.96. The number of carbonyl (C=O) groups is 1. The van der Waals surface area contributed by atoms with E-state index in [1.165, 1.54) is 24.5 Å². The molecule has 0 unspecified atom stereocenters. The molecule has 0 saturated heterocycles. The van der Waals surface area contributed by atoms with Crippen LogP contribution in [0.2, 0.25) is 0 Å². The maximum absolute atomic E-state index is 14.2. The van der Waals surface area contributed by atoms with Crippen LogP contribution in [0.25, 0.3) is 0 Å². The molecule has 1 aliphatic rings.